The normalized spacial score (nSPS) is 10.8. The Balaban J connectivity index is 2.19. The summed E-state index contributed by atoms with van der Waals surface area (Å²) in [4.78, 5) is 4.52. The molecule has 0 atom stereocenters. The molecular weight excluding hydrogens is 218 g/mol. The van der Waals surface area contributed by atoms with Gasteiger partial charge in [-0.2, -0.15) is 0 Å². The largest absolute Gasteiger partial charge is 0.256 e. The van der Waals surface area contributed by atoms with Gasteiger partial charge in [0.25, 0.3) is 0 Å². The van der Waals surface area contributed by atoms with Crippen LogP contribution in [0, 0.1) is 13.8 Å². The molecule has 0 radical (unpaired) electrons. The van der Waals surface area contributed by atoms with Crippen molar-refractivity contribution >= 4 is 10.9 Å². The summed E-state index contributed by atoms with van der Waals surface area (Å²) in [5.74, 6) is 0. The maximum atomic E-state index is 4.52. The first-order chi connectivity index (χ1) is 8.74. The van der Waals surface area contributed by atoms with Gasteiger partial charge < -0.3 is 0 Å². The molecule has 0 bridgehead atoms. The van der Waals surface area contributed by atoms with Crippen LogP contribution in [0.1, 0.15) is 11.1 Å². The van der Waals surface area contributed by atoms with Crippen LogP contribution in [-0.4, -0.2) is 4.98 Å². The number of aromatic nitrogens is 1. The molecule has 3 rings (SSSR count). The Hall–Kier alpha value is -2.15. The number of rotatable bonds is 1. The summed E-state index contributed by atoms with van der Waals surface area (Å²) in [6.07, 6.45) is 1.96. The maximum Gasteiger partial charge on any atom is 0.0702 e. The highest BCUT2D eigenvalue weighted by atomic mass is 14.6. The summed E-state index contributed by atoms with van der Waals surface area (Å²) in [6.45, 7) is 4.27. The van der Waals surface area contributed by atoms with Crippen molar-refractivity contribution in [2.24, 2.45) is 0 Å². The standard InChI is InChI=1S/C17H15N/c1-12-7-8-16(13(2)9-12)15-10-14-5-3-4-6-17(14)18-11-15/h3-11H,1-2H3. The summed E-state index contributed by atoms with van der Waals surface area (Å²) < 4.78 is 0. The highest BCUT2D eigenvalue weighted by molar-refractivity contribution is 5.84. The summed E-state index contributed by atoms with van der Waals surface area (Å²) in [6, 6.07) is 17.0. The Morgan fingerprint density at radius 2 is 1.72 bits per heavy atom. The number of hydrogen-bond acceptors (Lipinski definition) is 1. The van der Waals surface area contributed by atoms with E-state index in [-0.39, 0.29) is 0 Å². The lowest BCUT2D eigenvalue weighted by Crippen LogP contribution is -1.87. The minimum Gasteiger partial charge on any atom is -0.256 e. The monoisotopic (exact) mass is 233 g/mol. The van der Waals surface area contributed by atoms with E-state index < -0.39 is 0 Å². The fourth-order valence-electron chi connectivity index (χ4n) is 2.36. The van der Waals surface area contributed by atoms with Gasteiger partial charge in [-0.1, -0.05) is 42.0 Å². The highest BCUT2D eigenvalue weighted by Gasteiger charge is 2.03. The molecule has 0 saturated heterocycles. The van der Waals surface area contributed by atoms with Crippen molar-refractivity contribution in [3.8, 4) is 11.1 Å². The number of para-hydroxylation sites is 1. The van der Waals surface area contributed by atoms with Crippen molar-refractivity contribution in [2.75, 3.05) is 0 Å². The molecule has 1 aromatic heterocycles. The first-order valence-electron chi connectivity index (χ1n) is 6.16. The first-order valence-corrected chi connectivity index (χ1v) is 6.16. The number of fused-ring (bicyclic) bond motifs is 1. The van der Waals surface area contributed by atoms with Crippen LogP contribution in [0.15, 0.2) is 54.7 Å². The van der Waals surface area contributed by atoms with E-state index in [1.54, 1.807) is 0 Å². The van der Waals surface area contributed by atoms with E-state index in [4.69, 9.17) is 0 Å². The first kappa shape index (κ1) is 11.0. The molecular formula is C17H15N. The summed E-state index contributed by atoms with van der Waals surface area (Å²) in [5.41, 5.74) is 6.09. The zero-order chi connectivity index (χ0) is 12.5. The molecule has 0 fully saturated rings. The van der Waals surface area contributed by atoms with E-state index in [1.165, 1.54) is 27.6 Å². The van der Waals surface area contributed by atoms with Crippen LogP contribution >= 0.6 is 0 Å². The molecule has 0 aliphatic carbocycles. The predicted molar refractivity (Wildman–Crippen MR) is 76.7 cm³/mol. The van der Waals surface area contributed by atoms with Gasteiger partial charge in [-0.25, -0.2) is 0 Å². The van der Waals surface area contributed by atoms with Crippen LogP contribution < -0.4 is 0 Å². The van der Waals surface area contributed by atoms with E-state index in [2.05, 4.69) is 55.2 Å². The second-order valence-electron chi connectivity index (χ2n) is 4.74. The summed E-state index contributed by atoms with van der Waals surface area (Å²) >= 11 is 0. The molecule has 1 nitrogen and oxygen atoms in total. The minimum atomic E-state index is 1.05. The number of aryl methyl sites for hydroxylation is 2. The van der Waals surface area contributed by atoms with E-state index in [9.17, 15) is 0 Å². The van der Waals surface area contributed by atoms with Crippen LogP contribution in [0.3, 0.4) is 0 Å². The molecule has 0 saturated carbocycles. The van der Waals surface area contributed by atoms with Gasteiger partial charge in [0, 0.05) is 17.1 Å². The van der Waals surface area contributed by atoms with Crippen LogP contribution in [-0.2, 0) is 0 Å². The van der Waals surface area contributed by atoms with Crippen molar-refractivity contribution < 1.29 is 0 Å². The van der Waals surface area contributed by atoms with Crippen molar-refractivity contribution in [1.82, 2.24) is 4.98 Å². The zero-order valence-electron chi connectivity index (χ0n) is 10.6. The molecule has 1 heterocycles. The fraction of sp³-hybridized carbons (Fsp3) is 0.118. The predicted octanol–water partition coefficient (Wildman–Crippen LogP) is 4.52. The fourth-order valence-corrected chi connectivity index (χ4v) is 2.36. The van der Waals surface area contributed by atoms with Crippen molar-refractivity contribution in [3.63, 3.8) is 0 Å². The quantitative estimate of drug-likeness (QED) is 0.602. The van der Waals surface area contributed by atoms with Gasteiger partial charge in [0.15, 0.2) is 0 Å². The van der Waals surface area contributed by atoms with Crippen molar-refractivity contribution in [2.45, 2.75) is 13.8 Å². The van der Waals surface area contributed by atoms with Crippen LogP contribution in [0.4, 0.5) is 0 Å². The maximum absolute atomic E-state index is 4.52. The summed E-state index contributed by atoms with van der Waals surface area (Å²) in [7, 11) is 0. The van der Waals surface area contributed by atoms with Crippen molar-refractivity contribution in [1.29, 1.82) is 0 Å². The third-order valence-electron chi connectivity index (χ3n) is 3.28. The van der Waals surface area contributed by atoms with E-state index >= 15 is 0 Å². The van der Waals surface area contributed by atoms with Gasteiger partial charge in [-0.15, -0.1) is 0 Å². The molecule has 3 aromatic rings. The van der Waals surface area contributed by atoms with Gasteiger partial charge in [0.1, 0.15) is 0 Å². The van der Waals surface area contributed by atoms with Crippen LogP contribution in [0.2, 0.25) is 0 Å². The van der Waals surface area contributed by atoms with Gasteiger partial charge in [0.2, 0.25) is 0 Å². The van der Waals surface area contributed by atoms with Gasteiger partial charge in [-0.05, 0) is 37.1 Å². The lowest BCUT2D eigenvalue weighted by atomic mass is 9.99. The van der Waals surface area contributed by atoms with Gasteiger partial charge in [0.05, 0.1) is 5.52 Å². The molecule has 0 aliphatic heterocycles. The number of nitrogens with zero attached hydrogens (tertiary/aromatic N) is 1. The van der Waals surface area contributed by atoms with Crippen LogP contribution in [0.25, 0.3) is 22.0 Å². The topological polar surface area (TPSA) is 12.9 Å². The van der Waals surface area contributed by atoms with Crippen molar-refractivity contribution in [3.05, 3.63) is 65.9 Å². The summed E-state index contributed by atoms with van der Waals surface area (Å²) in [5, 5.41) is 1.19. The van der Waals surface area contributed by atoms with E-state index in [0.717, 1.165) is 5.52 Å². The molecule has 0 N–H and O–H groups in total. The highest BCUT2D eigenvalue weighted by Crippen LogP contribution is 2.26. The Labute approximate surface area is 107 Å². The molecule has 18 heavy (non-hydrogen) atoms. The Bertz CT molecular complexity index is 714. The molecule has 0 aliphatic rings. The number of benzene rings is 2. The van der Waals surface area contributed by atoms with Gasteiger partial charge in [-0.3, -0.25) is 4.98 Å². The minimum absolute atomic E-state index is 1.05. The molecule has 2 aromatic carbocycles. The molecule has 0 unspecified atom stereocenters. The molecule has 1 heteroatoms. The SMILES string of the molecule is Cc1ccc(-c2cnc3ccccc3c2)c(C)c1. The lowest BCUT2D eigenvalue weighted by Gasteiger charge is -2.07. The van der Waals surface area contributed by atoms with E-state index in [0.29, 0.717) is 0 Å². The second-order valence-corrected chi connectivity index (χ2v) is 4.74. The molecule has 0 spiro atoms. The average molecular weight is 233 g/mol. The lowest BCUT2D eigenvalue weighted by molar-refractivity contribution is 1.36. The van der Waals surface area contributed by atoms with E-state index in [1.807, 2.05) is 18.3 Å². The second kappa shape index (κ2) is 4.26. The van der Waals surface area contributed by atoms with Crippen LogP contribution in [0.5, 0.6) is 0 Å². The molecule has 88 valence electrons. The van der Waals surface area contributed by atoms with Gasteiger partial charge >= 0.3 is 0 Å². The Morgan fingerprint density at radius 1 is 0.889 bits per heavy atom. The third kappa shape index (κ3) is 1.88. The smallest absolute Gasteiger partial charge is 0.0702 e. The third-order valence-corrected chi connectivity index (χ3v) is 3.28. The number of pyridine rings is 1. The zero-order valence-corrected chi connectivity index (χ0v) is 10.6. The number of hydrogen-bond donors (Lipinski definition) is 0. The Kier molecular flexibility index (Phi) is 2.60. The average Bonchev–Trinajstić information content (AvgIpc) is 2.38. The Morgan fingerprint density at radius 3 is 2.56 bits per heavy atom. The molecule has 0 amide bonds.